The molecule has 0 amide bonds. The molecule has 0 radical (unpaired) electrons. The lowest BCUT2D eigenvalue weighted by Gasteiger charge is -2.20. The Morgan fingerprint density at radius 1 is 0.969 bits per heavy atom. The van der Waals surface area contributed by atoms with Crippen molar-refractivity contribution < 1.29 is 9.53 Å². The van der Waals surface area contributed by atoms with Crippen molar-refractivity contribution in [2.75, 3.05) is 0 Å². The second kappa shape index (κ2) is 9.23. The molecule has 3 aromatic carbocycles. The second-order valence-corrected chi connectivity index (χ2v) is 8.37. The van der Waals surface area contributed by atoms with Crippen LogP contribution in [-0.4, -0.2) is 15.5 Å². The summed E-state index contributed by atoms with van der Waals surface area (Å²) in [7, 11) is 0. The minimum absolute atomic E-state index is 0.318. The van der Waals surface area contributed by atoms with Gasteiger partial charge in [0.25, 0.3) is 0 Å². The molecular formula is C28H28N2O2. The molecule has 0 N–H and O–H groups in total. The quantitative estimate of drug-likeness (QED) is 0.347. The fourth-order valence-electron chi connectivity index (χ4n) is 4.05. The smallest absolute Gasteiger partial charge is 0.303 e. The molecule has 1 aromatic heterocycles. The third-order valence-electron chi connectivity index (χ3n) is 5.65. The highest BCUT2D eigenvalue weighted by atomic mass is 16.5. The highest BCUT2D eigenvalue weighted by Crippen LogP contribution is 2.29. The maximum Gasteiger partial charge on any atom is 0.303 e. The van der Waals surface area contributed by atoms with E-state index in [0.717, 1.165) is 16.8 Å². The van der Waals surface area contributed by atoms with Crippen LogP contribution in [0.5, 0.6) is 0 Å². The SMILES string of the molecule is CC(=O)OC(c1ccc(C)cc1)c1cncn1Cc1ccc(-c2cccc(C)c2)c(C)c1. The molecule has 0 aliphatic carbocycles. The van der Waals surface area contributed by atoms with Gasteiger partial charge in [-0.3, -0.25) is 4.79 Å². The van der Waals surface area contributed by atoms with E-state index in [1.807, 2.05) is 31.2 Å². The molecule has 0 saturated heterocycles. The van der Waals surface area contributed by atoms with Crippen LogP contribution in [0.4, 0.5) is 0 Å². The number of imidazole rings is 1. The predicted octanol–water partition coefficient (Wildman–Crippen LogP) is 6.18. The van der Waals surface area contributed by atoms with E-state index in [2.05, 4.69) is 65.9 Å². The molecular weight excluding hydrogens is 396 g/mol. The molecule has 1 heterocycles. The number of esters is 1. The molecule has 4 heteroatoms. The molecule has 4 aromatic rings. The Kier molecular flexibility index (Phi) is 6.22. The van der Waals surface area contributed by atoms with Gasteiger partial charge in [0, 0.05) is 13.5 Å². The molecule has 4 nitrogen and oxygen atoms in total. The topological polar surface area (TPSA) is 44.1 Å². The molecule has 1 unspecified atom stereocenters. The van der Waals surface area contributed by atoms with Crippen molar-refractivity contribution in [3.63, 3.8) is 0 Å². The summed E-state index contributed by atoms with van der Waals surface area (Å²) in [5.74, 6) is -0.318. The highest BCUT2D eigenvalue weighted by molar-refractivity contribution is 5.68. The molecule has 0 aliphatic heterocycles. The molecule has 32 heavy (non-hydrogen) atoms. The van der Waals surface area contributed by atoms with E-state index in [4.69, 9.17) is 4.74 Å². The van der Waals surface area contributed by atoms with Gasteiger partial charge in [0.2, 0.25) is 0 Å². The van der Waals surface area contributed by atoms with Gasteiger partial charge in [-0.2, -0.15) is 0 Å². The van der Waals surface area contributed by atoms with Gasteiger partial charge in [-0.1, -0.05) is 77.9 Å². The number of carbonyl (C=O) groups is 1. The van der Waals surface area contributed by atoms with Crippen LogP contribution in [0.25, 0.3) is 11.1 Å². The van der Waals surface area contributed by atoms with E-state index in [0.29, 0.717) is 6.54 Å². The van der Waals surface area contributed by atoms with Crippen molar-refractivity contribution in [1.82, 2.24) is 9.55 Å². The zero-order chi connectivity index (χ0) is 22.7. The summed E-state index contributed by atoms with van der Waals surface area (Å²) < 4.78 is 7.76. The summed E-state index contributed by atoms with van der Waals surface area (Å²) in [6, 6.07) is 23.2. The third kappa shape index (κ3) is 4.80. The van der Waals surface area contributed by atoms with E-state index in [1.54, 1.807) is 12.5 Å². The minimum Gasteiger partial charge on any atom is -0.451 e. The zero-order valence-corrected chi connectivity index (χ0v) is 19.0. The van der Waals surface area contributed by atoms with Crippen LogP contribution in [0.2, 0.25) is 0 Å². The van der Waals surface area contributed by atoms with Gasteiger partial charge in [0.15, 0.2) is 6.10 Å². The number of aromatic nitrogens is 2. The summed E-state index contributed by atoms with van der Waals surface area (Å²) in [4.78, 5) is 16.2. The minimum atomic E-state index is -0.497. The first-order chi connectivity index (χ1) is 15.4. The van der Waals surface area contributed by atoms with E-state index in [1.165, 1.54) is 34.7 Å². The van der Waals surface area contributed by atoms with E-state index >= 15 is 0 Å². The summed E-state index contributed by atoms with van der Waals surface area (Å²) in [5, 5.41) is 0. The van der Waals surface area contributed by atoms with Crippen LogP contribution in [0.15, 0.2) is 79.3 Å². The lowest BCUT2D eigenvalue weighted by molar-refractivity contribution is -0.145. The Morgan fingerprint density at radius 2 is 1.75 bits per heavy atom. The van der Waals surface area contributed by atoms with Gasteiger partial charge >= 0.3 is 5.97 Å². The monoisotopic (exact) mass is 424 g/mol. The Bertz CT molecular complexity index is 1240. The average Bonchev–Trinajstić information content (AvgIpc) is 3.20. The summed E-state index contributed by atoms with van der Waals surface area (Å²) in [5.41, 5.74) is 9.05. The lowest BCUT2D eigenvalue weighted by atomic mass is 9.97. The van der Waals surface area contributed by atoms with Crippen molar-refractivity contribution in [3.05, 3.63) is 113 Å². The number of carbonyl (C=O) groups excluding carboxylic acids is 1. The Labute approximate surface area is 189 Å². The van der Waals surface area contributed by atoms with Gasteiger partial charge in [-0.05, 0) is 48.6 Å². The Hall–Kier alpha value is -3.66. The number of hydrogen-bond acceptors (Lipinski definition) is 3. The zero-order valence-electron chi connectivity index (χ0n) is 19.0. The van der Waals surface area contributed by atoms with Gasteiger partial charge < -0.3 is 9.30 Å². The van der Waals surface area contributed by atoms with Gasteiger partial charge in [-0.15, -0.1) is 0 Å². The maximum absolute atomic E-state index is 11.8. The van der Waals surface area contributed by atoms with Crippen molar-refractivity contribution >= 4 is 5.97 Å². The number of aryl methyl sites for hydroxylation is 3. The Balaban J connectivity index is 1.63. The molecule has 1 atom stereocenters. The summed E-state index contributed by atoms with van der Waals surface area (Å²) in [6.07, 6.45) is 3.08. The second-order valence-electron chi connectivity index (χ2n) is 8.37. The first kappa shape index (κ1) is 21.6. The molecule has 0 saturated carbocycles. The van der Waals surface area contributed by atoms with Crippen LogP contribution >= 0.6 is 0 Å². The predicted molar refractivity (Wildman–Crippen MR) is 127 cm³/mol. The first-order valence-corrected chi connectivity index (χ1v) is 10.8. The van der Waals surface area contributed by atoms with Gasteiger partial charge in [-0.25, -0.2) is 4.98 Å². The lowest BCUT2D eigenvalue weighted by Crippen LogP contribution is -2.15. The van der Waals surface area contributed by atoms with Gasteiger partial charge in [0.1, 0.15) is 0 Å². The highest BCUT2D eigenvalue weighted by Gasteiger charge is 2.21. The molecule has 0 bridgehead atoms. The van der Waals surface area contributed by atoms with Crippen molar-refractivity contribution in [3.8, 4) is 11.1 Å². The van der Waals surface area contributed by atoms with Crippen LogP contribution in [-0.2, 0) is 16.1 Å². The number of ether oxygens (including phenoxy) is 1. The number of nitrogens with zero attached hydrogens (tertiary/aromatic N) is 2. The average molecular weight is 425 g/mol. The number of rotatable bonds is 6. The normalized spacial score (nSPS) is 11.9. The van der Waals surface area contributed by atoms with Crippen LogP contribution in [0, 0.1) is 20.8 Å². The molecule has 162 valence electrons. The maximum atomic E-state index is 11.8. The fraction of sp³-hybridized carbons (Fsp3) is 0.214. The van der Waals surface area contributed by atoms with E-state index < -0.39 is 6.10 Å². The van der Waals surface area contributed by atoms with Crippen molar-refractivity contribution in [2.24, 2.45) is 0 Å². The molecule has 0 fully saturated rings. The molecule has 0 aliphatic rings. The van der Waals surface area contributed by atoms with E-state index in [9.17, 15) is 4.79 Å². The fourth-order valence-corrected chi connectivity index (χ4v) is 4.05. The van der Waals surface area contributed by atoms with Crippen molar-refractivity contribution in [2.45, 2.75) is 40.3 Å². The van der Waals surface area contributed by atoms with Gasteiger partial charge in [0.05, 0.1) is 18.2 Å². The van der Waals surface area contributed by atoms with Crippen LogP contribution in [0.1, 0.15) is 46.5 Å². The number of benzene rings is 3. The molecule has 4 rings (SSSR count). The van der Waals surface area contributed by atoms with E-state index in [-0.39, 0.29) is 5.97 Å². The van der Waals surface area contributed by atoms with Crippen LogP contribution in [0.3, 0.4) is 0 Å². The largest absolute Gasteiger partial charge is 0.451 e. The number of hydrogen-bond donors (Lipinski definition) is 0. The third-order valence-corrected chi connectivity index (χ3v) is 5.65. The first-order valence-electron chi connectivity index (χ1n) is 10.8. The summed E-state index contributed by atoms with van der Waals surface area (Å²) in [6.45, 7) is 8.38. The molecule has 0 spiro atoms. The van der Waals surface area contributed by atoms with Crippen LogP contribution < -0.4 is 0 Å². The Morgan fingerprint density at radius 3 is 2.44 bits per heavy atom. The standard InChI is InChI=1S/C28H28N2O2/c1-19-8-11-24(12-9-19)28(32-22(4)31)27-16-29-18-30(27)17-23-10-13-26(21(3)15-23)25-7-5-6-20(2)14-25/h5-16,18,28H,17H2,1-4H3. The van der Waals surface area contributed by atoms with Crippen molar-refractivity contribution in [1.29, 1.82) is 0 Å². The summed E-state index contributed by atoms with van der Waals surface area (Å²) >= 11 is 0.